The normalized spacial score (nSPS) is 19.6. The molecule has 3 rings (SSSR count). The van der Waals surface area contributed by atoms with E-state index in [9.17, 15) is 4.39 Å². The Labute approximate surface area is 123 Å². The van der Waals surface area contributed by atoms with Crippen LogP contribution in [0.25, 0.3) is 0 Å². The molecule has 0 saturated carbocycles. The second kappa shape index (κ2) is 6.06. The summed E-state index contributed by atoms with van der Waals surface area (Å²) in [6, 6.07) is 10.0. The lowest BCUT2D eigenvalue weighted by Crippen LogP contribution is -2.33. The average molecular weight is 289 g/mol. The molecule has 3 heteroatoms. The van der Waals surface area contributed by atoms with Crippen LogP contribution in [0.2, 0.25) is 0 Å². The van der Waals surface area contributed by atoms with Gasteiger partial charge in [0.15, 0.2) is 0 Å². The summed E-state index contributed by atoms with van der Waals surface area (Å²) in [6.45, 7) is 2.15. The molecule has 20 heavy (non-hydrogen) atoms. The SMILES string of the molecule is CC(Cc1ccccc1F)NC1CCCc2sccc21. The van der Waals surface area contributed by atoms with Gasteiger partial charge < -0.3 is 5.32 Å². The molecule has 1 heterocycles. The lowest BCUT2D eigenvalue weighted by Gasteiger charge is -2.27. The standard InChI is InChI=1S/C17H20FNS/c1-12(11-13-5-2-3-6-15(13)18)19-16-7-4-8-17-14(16)9-10-20-17/h2-3,5-6,9-10,12,16,19H,4,7-8,11H2,1H3. The Morgan fingerprint density at radius 2 is 2.20 bits per heavy atom. The van der Waals surface area contributed by atoms with Gasteiger partial charge in [-0.25, -0.2) is 4.39 Å². The first-order valence-electron chi connectivity index (χ1n) is 7.30. The van der Waals surface area contributed by atoms with E-state index >= 15 is 0 Å². The number of benzene rings is 1. The Kier molecular flexibility index (Phi) is 4.18. The predicted molar refractivity (Wildman–Crippen MR) is 82.7 cm³/mol. The summed E-state index contributed by atoms with van der Waals surface area (Å²) in [7, 11) is 0. The van der Waals surface area contributed by atoms with Crippen LogP contribution in [0.4, 0.5) is 4.39 Å². The quantitative estimate of drug-likeness (QED) is 0.874. The van der Waals surface area contributed by atoms with E-state index in [1.807, 2.05) is 23.5 Å². The number of nitrogens with one attached hydrogen (secondary N) is 1. The number of thiophene rings is 1. The first kappa shape index (κ1) is 13.8. The molecule has 0 amide bonds. The van der Waals surface area contributed by atoms with Gasteiger partial charge in [0.2, 0.25) is 0 Å². The van der Waals surface area contributed by atoms with Crippen molar-refractivity contribution in [3.63, 3.8) is 0 Å². The Balaban J connectivity index is 1.66. The van der Waals surface area contributed by atoms with Crippen molar-refractivity contribution in [2.75, 3.05) is 0 Å². The van der Waals surface area contributed by atoms with Crippen LogP contribution in [0.15, 0.2) is 35.7 Å². The average Bonchev–Trinajstić information content (AvgIpc) is 2.91. The zero-order chi connectivity index (χ0) is 13.9. The number of hydrogen-bond donors (Lipinski definition) is 1. The van der Waals surface area contributed by atoms with E-state index in [4.69, 9.17) is 0 Å². The molecule has 0 radical (unpaired) electrons. The predicted octanol–water partition coefficient (Wildman–Crippen LogP) is 4.49. The van der Waals surface area contributed by atoms with Gasteiger partial charge in [0.05, 0.1) is 0 Å². The highest BCUT2D eigenvalue weighted by molar-refractivity contribution is 7.10. The van der Waals surface area contributed by atoms with E-state index in [0.717, 1.165) is 12.0 Å². The molecule has 1 N–H and O–H groups in total. The molecule has 0 bridgehead atoms. The Bertz CT molecular complexity index is 578. The smallest absolute Gasteiger partial charge is 0.126 e. The lowest BCUT2D eigenvalue weighted by molar-refractivity contribution is 0.406. The highest BCUT2D eigenvalue weighted by atomic mass is 32.1. The molecule has 0 spiro atoms. The Morgan fingerprint density at radius 1 is 1.35 bits per heavy atom. The van der Waals surface area contributed by atoms with Crippen molar-refractivity contribution in [3.8, 4) is 0 Å². The molecule has 1 aliphatic carbocycles. The van der Waals surface area contributed by atoms with Crippen LogP contribution in [0.1, 0.15) is 41.8 Å². The van der Waals surface area contributed by atoms with E-state index in [1.54, 1.807) is 12.1 Å². The summed E-state index contributed by atoms with van der Waals surface area (Å²) in [6.07, 6.45) is 4.39. The fraction of sp³-hybridized carbons (Fsp3) is 0.412. The molecule has 0 saturated heterocycles. The van der Waals surface area contributed by atoms with E-state index in [1.165, 1.54) is 29.7 Å². The van der Waals surface area contributed by atoms with Crippen molar-refractivity contribution in [2.45, 2.75) is 44.7 Å². The molecule has 1 aromatic carbocycles. The van der Waals surface area contributed by atoms with Gasteiger partial charge in [-0.1, -0.05) is 18.2 Å². The highest BCUT2D eigenvalue weighted by Crippen LogP contribution is 2.33. The summed E-state index contributed by atoms with van der Waals surface area (Å²) in [4.78, 5) is 1.52. The third-order valence-electron chi connectivity index (χ3n) is 4.02. The van der Waals surface area contributed by atoms with Crippen molar-refractivity contribution < 1.29 is 4.39 Å². The highest BCUT2D eigenvalue weighted by Gasteiger charge is 2.22. The first-order valence-corrected chi connectivity index (χ1v) is 8.17. The number of fused-ring (bicyclic) bond motifs is 1. The molecule has 2 unspecified atom stereocenters. The number of halogens is 1. The van der Waals surface area contributed by atoms with Crippen LogP contribution in [0, 0.1) is 5.82 Å². The molecule has 0 fully saturated rings. The van der Waals surface area contributed by atoms with Gasteiger partial charge in [-0.15, -0.1) is 11.3 Å². The van der Waals surface area contributed by atoms with Crippen LogP contribution in [-0.2, 0) is 12.8 Å². The number of rotatable bonds is 4. The van der Waals surface area contributed by atoms with Gasteiger partial charge >= 0.3 is 0 Å². The minimum Gasteiger partial charge on any atom is -0.307 e. The van der Waals surface area contributed by atoms with E-state index in [0.29, 0.717) is 6.04 Å². The van der Waals surface area contributed by atoms with Crippen LogP contribution in [0.3, 0.4) is 0 Å². The molecule has 2 aromatic rings. The third kappa shape index (κ3) is 2.94. The molecular weight excluding hydrogens is 269 g/mol. The Hall–Kier alpha value is -1.19. The summed E-state index contributed by atoms with van der Waals surface area (Å²) < 4.78 is 13.7. The van der Waals surface area contributed by atoms with Crippen molar-refractivity contribution in [2.24, 2.45) is 0 Å². The molecule has 106 valence electrons. The van der Waals surface area contributed by atoms with E-state index < -0.39 is 0 Å². The van der Waals surface area contributed by atoms with Crippen LogP contribution >= 0.6 is 11.3 Å². The largest absolute Gasteiger partial charge is 0.307 e. The summed E-state index contributed by atoms with van der Waals surface area (Å²) in [5.41, 5.74) is 2.26. The second-order valence-corrected chi connectivity index (χ2v) is 6.61. The molecule has 1 aliphatic rings. The fourth-order valence-electron chi connectivity index (χ4n) is 3.06. The number of aryl methyl sites for hydroxylation is 1. The minimum absolute atomic E-state index is 0.0963. The first-order chi connectivity index (χ1) is 9.74. The Morgan fingerprint density at radius 3 is 3.05 bits per heavy atom. The molecule has 0 aliphatic heterocycles. The second-order valence-electron chi connectivity index (χ2n) is 5.61. The van der Waals surface area contributed by atoms with Crippen molar-refractivity contribution in [1.29, 1.82) is 0 Å². The third-order valence-corrected chi connectivity index (χ3v) is 5.02. The van der Waals surface area contributed by atoms with Crippen molar-refractivity contribution >= 4 is 11.3 Å². The van der Waals surface area contributed by atoms with Crippen molar-refractivity contribution in [1.82, 2.24) is 5.32 Å². The molecule has 2 atom stereocenters. The fourth-order valence-corrected chi connectivity index (χ4v) is 4.04. The minimum atomic E-state index is -0.0963. The van der Waals surface area contributed by atoms with Crippen LogP contribution in [-0.4, -0.2) is 6.04 Å². The zero-order valence-electron chi connectivity index (χ0n) is 11.7. The monoisotopic (exact) mass is 289 g/mol. The maximum Gasteiger partial charge on any atom is 0.126 e. The van der Waals surface area contributed by atoms with Gasteiger partial charge in [0, 0.05) is 17.0 Å². The van der Waals surface area contributed by atoms with Crippen molar-refractivity contribution in [3.05, 3.63) is 57.5 Å². The molecule has 1 nitrogen and oxygen atoms in total. The molecule has 1 aromatic heterocycles. The lowest BCUT2D eigenvalue weighted by atomic mass is 9.93. The van der Waals surface area contributed by atoms with E-state index in [2.05, 4.69) is 23.7 Å². The van der Waals surface area contributed by atoms with Gasteiger partial charge in [-0.2, -0.15) is 0 Å². The summed E-state index contributed by atoms with van der Waals surface area (Å²) in [5.74, 6) is -0.0963. The maximum absolute atomic E-state index is 13.7. The molecular formula is C17H20FNS. The van der Waals surface area contributed by atoms with Crippen LogP contribution < -0.4 is 5.32 Å². The number of hydrogen-bond acceptors (Lipinski definition) is 2. The van der Waals surface area contributed by atoms with Gasteiger partial charge in [0.1, 0.15) is 5.82 Å². The summed E-state index contributed by atoms with van der Waals surface area (Å²) in [5, 5.41) is 5.86. The zero-order valence-corrected chi connectivity index (χ0v) is 12.5. The van der Waals surface area contributed by atoms with Gasteiger partial charge in [-0.3, -0.25) is 0 Å². The van der Waals surface area contributed by atoms with Gasteiger partial charge in [0.25, 0.3) is 0 Å². The maximum atomic E-state index is 13.7. The topological polar surface area (TPSA) is 12.0 Å². The van der Waals surface area contributed by atoms with Gasteiger partial charge in [-0.05, 0) is 61.2 Å². The van der Waals surface area contributed by atoms with E-state index in [-0.39, 0.29) is 11.9 Å². The summed E-state index contributed by atoms with van der Waals surface area (Å²) >= 11 is 1.86. The van der Waals surface area contributed by atoms with Crippen LogP contribution in [0.5, 0.6) is 0 Å².